The lowest BCUT2D eigenvalue weighted by atomic mass is 9.94. The molecule has 0 radical (unpaired) electrons. The van der Waals surface area contributed by atoms with E-state index in [4.69, 9.17) is 4.74 Å². The number of hydrogen-bond acceptors (Lipinski definition) is 2. The van der Waals surface area contributed by atoms with E-state index in [-0.39, 0.29) is 0 Å². The monoisotopic (exact) mass is 169 g/mol. The zero-order valence-electron chi connectivity index (χ0n) is 8.10. The summed E-state index contributed by atoms with van der Waals surface area (Å²) in [6.07, 6.45) is 1.17. The summed E-state index contributed by atoms with van der Waals surface area (Å²) in [5.41, 5.74) is 1.23. The molecule has 12 heavy (non-hydrogen) atoms. The Bertz CT molecular complexity index is 150. The first-order chi connectivity index (χ1) is 5.75. The number of ether oxygens (including phenoxy) is 1. The first-order valence-electron chi connectivity index (χ1n) is 4.72. The predicted molar refractivity (Wildman–Crippen MR) is 51.2 cm³/mol. The molecule has 70 valence electrons. The molecule has 1 aliphatic rings. The third kappa shape index (κ3) is 2.32. The van der Waals surface area contributed by atoms with Crippen LogP contribution >= 0.6 is 0 Å². The molecule has 0 amide bonds. The average Bonchev–Trinajstić information content (AvgIpc) is 2.51. The Morgan fingerprint density at radius 2 is 2.50 bits per heavy atom. The number of likely N-dealkylation sites (N-methyl/N-ethyl adjacent to an activating group) is 1. The van der Waals surface area contributed by atoms with Crippen LogP contribution in [0.2, 0.25) is 0 Å². The second-order valence-electron chi connectivity index (χ2n) is 3.51. The van der Waals surface area contributed by atoms with Crippen molar-refractivity contribution in [1.29, 1.82) is 0 Å². The fraction of sp³-hybridized carbons (Fsp3) is 0.800. The van der Waals surface area contributed by atoms with Gasteiger partial charge in [-0.15, -0.1) is 0 Å². The van der Waals surface area contributed by atoms with Crippen LogP contribution in [0.1, 0.15) is 20.3 Å². The van der Waals surface area contributed by atoms with Crippen molar-refractivity contribution >= 4 is 0 Å². The van der Waals surface area contributed by atoms with Crippen LogP contribution in [0.5, 0.6) is 0 Å². The van der Waals surface area contributed by atoms with Crippen LogP contribution in [0, 0.1) is 5.92 Å². The zero-order chi connectivity index (χ0) is 8.97. The highest BCUT2D eigenvalue weighted by Crippen LogP contribution is 2.20. The predicted octanol–water partition coefficient (Wildman–Crippen LogP) is 1.58. The molecule has 1 heterocycles. The van der Waals surface area contributed by atoms with Gasteiger partial charge in [0.2, 0.25) is 0 Å². The summed E-state index contributed by atoms with van der Waals surface area (Å²) in [5, 5.41) is 3.44. The van der Waals surface area contributed by atoms with Crippen molar-refractivity contribution in [3.05, 3.63) is 12.2 Å². The lowest BCUT2D eigenvalue weighted by molar-refractivity contribution is 0.180. The number of rotatable bonds is 4. The van der Waals surface area contributed by atoms with Crippen molar-refractivity contribution in [3.63, 3.8) is 0 Å². The summed E-state index contributed by atoms with van der Waals surface area (Å²) in [4.78, 5) is 0. The van der Waals surface area contributed by atoms with Gasteiger partial charge in [-0.2, -0.15) is 0 Å². The van der Waals surface area contributed by atoms with Gasteiger partial charge >= 0.3 is 0 Å². The third-order valence-corrected chi connectivity index (χ3v) is 2.39. The van der Waals surface area contributed by atoms with Crippen LogP contribution in [-0.2, 0) is 4.74 Å². The van der Waals surface area contributed by atoms with E-state index >= 15 is 0 Å². The molecule has 1 N–H and O–H groups in total. The van der Waals surface area contributed by atoms with Gasteiger partial charge in [-0.1, -0.05) is 19.1 Å². The second kappa shape index (κ2) is 4.63. The Kier molecular flexibility index (Phi) is 3.76. The van der Waals surface area contributed by atoms with Gasteiger partial charge in [0.05, 0.1) is 6.61 Å². The molecule has 0 aromatic carbocycles. The third-order valence-electron chi connectivity index (χ3n) is 2.39. The Hall–Kier alpha value is -0.340. The van der Waals surface area contributed by atoms with Gasteiger partial charge in [0, 0.05) is 18.6 Å². The maximum absolute atomic E-state index is 5.35. The largest absolute Gasteiger partial charge is 0.381 e. The molecule has 2 atom stereocenters. The van der Waals surface area contributed by atoms with Crippen LogP contribution < -0.4 is 5.32 Å². The van der Waals surface area contributed by atoms with Crippen LogP contribution in [-0.4, -0.2) is 25.8 Å². The van der Waals surface area contributed by atoms with Crippen molar-refractivity contribution in [2.45, 2.75) is 26.3 Å². The Morgan fingerprint density at radius 1 is 1.75 bits per heavy atom. The van der Waals surface area contributed by atoms with Gasteiger partial charge in [-0.25, -0.2) is 0 Å². The van der Waals surface area contributed by atoms with Crippen LogP contribution in [0.4, 0.5) is 0 Å². The smallest absolute Gasteiger partial charge is 0.0513 e. The molecule has 0 aromatic heterocycles. The van der Waals surface area contributed by atoms with Crippen molar-refractivity contribution in [2.24, 2.45) is 5.92 Å². The quantitative estimate of drug-likeness (QED) is 0.645. The zero-order valence-corrected chi connectivity index (χ0v) is 8.10. The summed E-state index contributed by atoms with van der Waals surface area (Å²) in [6.45, 7) is 11.0. The van der Waals surface area contributed by atoms with E-state index in [9.17, 15) is 0 Å². The highest BCUT2D eigenvalue weighted by Gasteiger charge is 2.25. The lowest BCUT2D eigenvalue weighted by Gasteiger charge is -2.23. The lowest BCUT2D eigenvalue weighted by Crippen LogP contribution is -2.37. The first-order valence-corrected chi connectivity index (χ1v) is 4.72. The maximum atomic E-state index is 5.35. The topological polar surface area (TPSA) is 21.3 Å². The number of hydrogen-bond donors (Lipinski definition) is 1. The molecule has 0 aliphatic carbocycles. The minimum atomic E-state index is 0.456. The molecule has 0 saturated carbocycles. The SMILES string of the molecule is C=C(C)C(NCC)C1CCOC1. The molecule has 1 saturated heterocycles. The van der Waals surface area contributed by atoms with Gasteiger partial charge in [0.25, 0.3) is 0 Å². The fourth-order valence-electron chi connectivity index (χ4n) is 1.78. The van der Waals surface area contributed by atoms with E-state index in [0.717, 1.165) is 19.8 Å². The molecule has 1 rings (SSSR count). The van der Waals surface area contributed by atoms with E-state index < -0.39 is 0 Å². The van der Waals surface area contributed by atoms with Crippen LogP contribution in [0.3, 0.4) is 0 Å². The standard InChI is InChI=1S/C10H19NO/c1-4-11-10(8(2)3)9-5-6-12-7-9/h9-11H,2,4-7H2,1,3H3. The second-order valence-corrected chi connectivity index (χ2v) is 3.51. The summed E-state index contributed by atoms with van der Waals surface area (Å²) < 4.78 is 5.35. The minimum Gasteiger partial charge on any atom is -0.381 e. The van der Waals surface area contributed by atoms with Gasteiger partial charge in [0.15, 0.2) is 0 Å². The average molecular weight is 169 g/mol. The van der Waals surface area contributed by atoms with Gasteiger partial charge in [-0.05, 0) is 19.9 Å². The molecule has 1 fully saturated rings. The van der Waals surface area contributed by atoms with E-state index in [1.807, 2.05) is 0 Å². The molecule has 2 heteroatoms. The van der Waals surface area contributed by atoms with Crippen LogP contribution in [0.25, 0.3) is 0 Å². The van der Waals surface area contributed by atoms with E-state index in [1.165, 1.54) is 12.0 Å². The van der Waals surface area contributed by atoms with E-state index in [2.05, 4.69) is 25.7 Å². The van der Waals surface area contributed by atoms with Gasteiger partial charge in [-0.3, -0.25) is 0 Å². The summed E-state index contributed by atoms with van der Waals surface area (Å²) in [6, 6.07) is 0.456. The molecule has 0 bridgehead atoms. The molecule has 1 aliphatic heterocycles. The summed E-state index contributed by atoms with van der Waals surface area (Å²) in [7, 11) is 0. The van der Waals surface area contributed by atoms with Crippen molar-refractivity contribution in [2.75, 3.05) is 19.8 Å². The molecular formula is C10H19NO. The maximum Gasteiger partial charge on any atom is 0.0513 e. The minimum absolute atomic E-state index is 0.456. The first kappa shape index (κ1) is 9.75. The Morgan fingerprint density at radius 3 is 2.92 bits per heavy atom. The van der Waals surface area contributed by atoms with Gasteiger partial charge < -0.3 is 10.1 Å². The summed E-state index contributed by atoms with van der Waals surface area (Å²) in [5.74, 6) is 0.641. The molecule has 2 unspecified atom stereocenters. The van der Waals surface area contributed by atoms with Crippen molar-refractivity contribution in [1.82, 2.24) is 5.32 Å². The Labute approximate surface area is 75.0 Å². The molecule has 0 aromatic rings. The Balaban J connectivity index is 2.45. The van der Waals surface area contributed by atoms with Crippen molar-refractivity contribution in [3.8, 4) is 0 Å². The van der Waals surface area contributed by atoms with E-state index in [1.54, 1.807) is 0 Å². The van der Waals surface area contributed by atoms with Crippen LogP contribution in [0.15, 0.2) is 12.2 Å². The molecule has 2 nitrogen and oxygen atoms in total. The number of nitrogens with one attached hydrogen (secondary N) is 1. The van der Waals surface area contributed by atoms with E-state index in [0.29, 0.717) is 12.0 Å². The summed E-state index contributed by atoms with van der Waals surface area (Å²) >= 11 is 0. The highest BCUT2D eigenvalue weighted by molar-refractivity contribution is 5.05. The molecular weight excluding hydrogens is 150 g/mol. The normalized spacial score (nSPS) is 25.7. The highest BCUT2D eigenvalue weighted by atomic mass is 16.5. The van der Waals surface area contributed by atoms with Crippen molar-refractivity contribution < 1.29 is 4.74 Å². The molecule has 0 spiro atoms. The van der Waals surface area contributed by atoms with Gasteiger partial charge in [0.1, 0.15) is 0 Å². The fourth-order valence-corrected chi connectivity index (χ4v) is 1.78.